The van der Waals surface area contributed by atoms with Crippen molar-refractivity contribution in [2.45, 2.75) is 33.1 Å². The molecule has 0 aliphatic rings. The summed E-state index contributed by atoms with van der Waals surface area (Å²) < 4.78 is 10.2. The van der Waals surface area contributed by atoms with E-state index in [9.17, 15) is 9.59 Å². The Morgan fingerprint density at radius 2 is 1.94 bits per heavy atom. The smallest absolute Gasteiger partial charge is 0.374 e. The van der Waals surface area contributed by atoms with Crippen LogP contribution in [0.3, 0.4) is 0 Å². The van der Waals surface area contributed by atoms with E-state index < -0.39 is 5.97 Å². The van der Waals surface area contributed by atoms with Gasteiger partial charge in [-0.05, 0) is 25.1 Å². The molecule has 0 aliphatic carbocycles. The van der Waals surface area contributed by atoms with Crippen LogP contribution in [0.1, 0.15) is 49.6 Å². The number of hydrogen-bond donors (Lipinski definition) is 0. The topological polar surface area (TPSA) is 56.5 Å². The molecule has 1 aromatic heterocycles. The van der Waals surface area contributed by atoms with Crippen LogP contribution in [0.25, 0.3) is 6.08 Å². The van der Waals surface area contributed by atoms with Gasteiger partial charge in [0.2, 0.25) is 5.76 Å². The molecular weight excluding hydrogens is 232 g/mol. The number of carbonyl (C=O) groups excluding carboxylic acids is 2. The maximum Gasteiger partial charge on any atom is 0.374 e. The van der Waals surface area contributed by atoms with Gasteiger partial charge in [0, 0.05) is 11.0 Å². The maximum atomic E-state index is 11.6. The first-order valence-corrected chi connectivity index (χ1v) is 5.67. The van der Waals surface area contributed by atoms with E-state index in [1.807, 2.05) is 20.8 Å². The number of ether oxygens (including phenoxy) is 1. The summed E-state index contributed by atoms with van der Waals surface area (Å²) in [6.45, 7) is 7.38. The van der Waals surface area contributed by atoms with Crippen molar-refractivity contribution >= 4 is 17.8 Å². The van der Waals surface area contributed by atoms with E-state index >= 15 is 0 Å². The number of esters is 1. The van der Waals surface area contributed by atoms with Crippen molar-refractivity contribution in [3.8, 4) is 0 Å². The fourth-order valence-electron chi connectivity index (χ4n) is 1.36. The number of hydrogen-bond acceptors (Lipinski definition) is 4. The lowest BCUT2D eigenvalue weighted by molar-refractivity contribution is -0.112. The first-order chi connectivity index (χ1) is 8.25. The Hall–Kier alpha value is -1.84. The predicted octanol–water partition coefficient (Wildman–Crippen LogP) is 2.97. The van der Waals surface area contributed by atoms with E-state index in [0.717, 1.165) is 0 Å². The van der Waals surface area contributed by atoms with Crippen molar-refractivity contribution in [1.29, 1.82) is 0 Å². The molecule has 1 aromatic rings. The fourth-order valence-corrected chi connectivity index (χ4v) is 1.36. The zero-order valence-corrected chi connectivity index (χ0v) is 11.4. The van der Waals surface area contributed by atoms with Gasteiger partial charge in [-0.25, -0.2) is 4.79 Å². The molecule has 0 bridgehead atoms. The molecule has 18 heavy (non-hydrogen) atoms. The van der Waals surface area contributed by atoms with Gasteiger partial charge < -0.3 is 9.15 Å². The van der Waals surface area contributed by atoms with Crippen LogP contribution in [-0.4, -0.2) is 18.9 Å². The van der Waals surface area contributed by atoms with E-state index in [1.165, 1.54) is 20.1 Å². The number of allylic oxidation sites excluding steroid dienone is 1. The van der Waals surface area contributed by atoms with Gasteiger partial charge in [-0.3, -0.25) is 4.79 Å². The van der Waals surface area contributed by atoms with Crippen molar-refractivity contribution in [3.05, 3.63) is 29.2 Å². The molecule has 0 spiro atoms. The monoisotopic (exact) mass is 250 g/mol. The molecule has 0 atom stereocenters. The lowest BCUT2D eigenvalue weighted by Crippen LogP contribution is -2.09. The van der Waals surface area contributed by atoms with Crippen molar-refractivity contribution in [1.82, 2.24) is 0 Å². The first-order valence-electron chi connectivity index (χ1n) is 5.67. The summed E-state index contributed by atoms with van der Waals surface area (Å²) in [4.78, 5) is 22.5. The lowest BCUT2D eigenvalue weighted by atomic mass is 9.93. The standard InChI is InChI=1S/C14H18O4/c1-9(15)6-7-10-8-11(14(2,3)4)18-12(10)13(16)17-5/h6-8H,1-5H3/b7-6+. The van der Waals surface area contributed by atoms with Gasteiger partial charge in [0.15, 0.2) is 5.78 Å². The molecule has 1 heterocycles. The minimum absolute atomic E-state index is 0.0932. The van der Waals surface area contributed by atoms with Gasteiger partial charge in [0.25, 0.3) is 0 Å². The van der Waals surface area contributed by atoms with Crippen LogP contribution >= 0.6 is 0 Å². The second-order valence-corrected chi connectivity index (χ2v) is 5.08. The number of carbonyl (C=O) groups is 2. The average Bonchev–Trinajstić information content (AvgIpc) is 2.68. The Balaban J connectivity index is 3.25. The Labute approximate surface area is 107 Å². The highest BCUT2D eigenvalue weighted by Gasteiger charge is 2.24. The molecule has 0 fully saturated rings. The zero-order valence-electron chi connectivity index (χ0n) is 11.4. The second-order valence-electron chi connectivity index (χ2n) is 5.08. The first kappa shape index (κ1) is 14.2. The SMILES string of the molecule is COC(=O)c1oc(C(C)(C)C)cc1/C=C/C(C)=O. The van der Waals surface area contributed by atoms with Gasteiger partial charge in [-0.2, -0.15) is 0 Å². The van der Waals surface area contributed by atoms with Crippen molar-refractivity contribution < 1.29 is 18.7 Å². The van der Waals surface area contributed by atoms with Crippen LogP contribution in [0.15, 0.2) is 16.6 Å². The summed E-state index contributed by atoms with van der Waals surface area (Å²) in [6, 6.07) is 1.76. The Kier molecular flexibility index (Phi) is 4.11. The van der Waals surface area contributed by atoms with E-state index in [1.54, 1.807) is 12.1 Å². The van der Waals surface area contributed by atoms with E-state index in [2.05, 4.69) is 4.74 Å². The summed E-state index contributed by atoms with van der Waals surface area (Å²) in [5.41, 5.74) is 0.340. The summed E-state index contributed by atoms with van der Waals surface area (Å²) in [7, 11) is 1.29. The van der Waals surface area contributed by atoms with Gasteiger partial charge in [0.1, 0.15) is 5.76 Å². The van der Waals surface area contributed by atoms with Crippen LogP contribution in [0.4, 0.5) is 0 Å². The third-order valence-electron chi connectivity index (χ3n) is 2.37. The molecule has 4 heteroatoms. The van der Waals surface area contributed by atoms with E-state index in [4.69, 9.17) is 4.42 Å². The molecule has 0 aliphatic heterocycles. The molecule has 1 rings (SSSR count). The maximum absolute atomic E-state index is 11.6. The minimum Gasteiger partial charge on any atom is -0.463 e. The van der Waals surface area contributed by atoms with E-state index in [0.29, 0.717) is 11.3 Å². The molecule has 0 saturated carbocycles. The van der Waals surface area contributed by atoms with Crippen LogP contribution in [0.5, 0.6) is 0 Å². The Bertz CT molecular complexity index is 486. The van der Waals surface area contributed by atoms with E-state index in [-0.39, 0.29) is 17.0 Å². The molecule has 98 valence electrons. The summed E-state index contributed by atoms with van der Waals surface area (Å²) in [6.07, 6.45) is 2.96. The molecule has 0 saturated heterocycles. The third-order valence-corrected chi connectivity index (χ3v) is 2.37. The van der Waals surface area contributed by atoms with Gasteiger partial charge in [0.05, 0.1) is 7.11 Å². The lowest BCUT2D eigenvalue weighted by Gasteiger charge is -2.13. The normalized spacial score (nSPS) is 11.8. The molecular formula is C14H18O4. The number of furan rings is 1. The number of ketones is 1. The largest absolute Gasteiger partial charge is 0.463 e. The molecule has 0 unspecified atom stereocenters. The average molecular weight is 250 g/mol. The van der Waals surface area contributed by atoms with Gasteiger partial charge in [-0.15, -0.1) is 0 Å². The van der Waals surface area contributed by atoms with Crippen molar-refractivity contribution in [2.24, 2.45) is 0 Å². The van der Waals surface area contributed by atoms with Crippen molar-refractivity contribution in [3.63, 3.8) is 0 Å². The molecule has 0 N–H and O–H groups in total. The number of methoxy groups -OCH3 is 1. The van der Waals surface area contributed by atoms with Gasteiger partial charge in [-0.1, -0.05) is 20.8 Å². The highest BCUT2D eigenvalue weighted by molar-refractivity contribution is 5.95. The molecule has 0 amide bonds. The quantitative estimate of drug-likeness (QED) is 0.611. The number of rotatable bonds is 3. The predicted molar refractivity (Wildman–Crippen MR) is 68.5 cm³/mol. The summed E-state index contributed by atoms with van der Waals surface area (Å²) >= 11 is 0. The highest BCUT2D eigenvalue weighted by atomic mass is 16.5. The van der Waals surface area contributed by atoms with Crippen molar-refractivity contribution in [2.75, 3.05) is 7.11 Å². The van der Waals surface area contributed by atoms with Crippen LogP contribution in [0.2, 0.25) is 0 Å². The Morgan fingerprint density at radius 1 is 1.33 bits per heavy atom. The second kappa shape index (κ2) is 5.21. The zero-order chi connectivity index (χ0) is 13.9. The van der Waals surface area contributed by atoms with Gasteiger partial charge >= 0.3 is 5.97 Å². The molecule has 4 nitrogen and oxygen atoms in total. The highest BCUT2D eigenvalue weighted by Crippen LogP contribution is 2.28. The van der Waals surface area contributed by atoms with Crippen LogP contribution < -0.4 is 0 Å². The Morgan fingerprint density at radius 3 is 2.39 bits per heavy atom. The molecule has 0 radical (unpaired) electrons. The summed E-state index contributed by atoms with van der Waals surface area (Å²) in [5.74, 6) is 0.157. The third kappa shape index (κ3) is 3.32. The fraction of sp³-hybridized carbons (Fsp3) is 0.429. The molecule has 0 aromatic carbocycles. The van der Waals surface area contributed by atoms with Crippen LogP contribution in [0, 0.1) is 0 Å². The minimum atomic E-state index is -0.547. The van der Waals surface area contributed by atoms with Crippen LogP contribution in [-0.2, 0) is 14.9 Å². The summed E-state index contributed by atoms with van der Waals surface area (Å²) in [5, 5.41) is 0.